The molecule has 0 radical (unpaired) electrons. The smallest absolute Gasteiger partial charge is 0.407 e. The molecule has 30 nitrogen and oxygen atoms in total. The first-order valence-electron chi connectivity index (χ1n) is 27.3. The number of aromatic carboxylic acids is 1. The van der Waals surface area contributed by atoms with Crippen molar-refractivity contribution < 1.29 is 76.9 Å². The Labute approximate surface area is 544 Å². The first kappa shape index (κ1) is 72.7. The molecule has 2 amide bonds. The van der Waals surface area contributed by atoms with Gasteiger partial charge in [-0.15, -0.1) is 45.3 Å². The number of aromatic hydroxyl groups is 1. The van der Waals surface area contributed by atoms with Crippen molar-refractivity contribution >= 4 is 105 Å². The van der Waals surface area contributed by atoms with Gasteiger partial charge in [0.2, 0.25) is 23.8 Å². The number of nitrogens with one attached hydrogen (secondary N) is 6. The molecule has 8 heterocycles. The minimum Gasteiger partial charge on any atom is -0.506 e. The lowest BCUT2D eigenvalue weighted by molar-refractivity contribution is 0.0508. The number of carboxylic acid groups (broad SMARTS) is 1. The van der Waals surface area contributed by atoms with E-state index in [1.165, 1.54) is 57.2 Å². The molecule has 0 aliphatic rings. The number of hydrogen-bond acceptors (Lipinski definition) is 31. The van der Waals surface area contributed by atoms with Crippen LogP contribution in [-0.2, 0) is 23.7 Å². The Hall–Kier alpha value is -10.1. The van der Waals surface area contributed by atoms with Crippen LogP contribution in [0.1, 0.15) is 80.2 Å². The molecule has 0 fully saturated rings. The Balaban J connectivity index is 0.000000226. The van der Waals surface area contributed by atoms with Crippen LogP contribution in [0.5, 0.6) is 23.0 Å². The summed E-state index contributed by atoms with van der Waals surface area (Å²) in [5.41, 5.74) is 1.42. The number of ether oxygens (including phenoxy) is 8. The van der Waals surface area contributed by atoms with Crippen LogP contribution in [0.2, 0.25) is 0 Å². The molecule has 0 saturated heterocycles. The number of carboxylic acids is 1. The number of methoxy groups -OCH3 is 4. The fourth-order valence-electron chi connectivity index (χ4n) is 6.96. The lowest BCUT2D eigenvalue weighted by Crippen LogP contribution is -2.34. The third-order valence-corrected chi connectivity index (χ3v) is 15.4. The molecule has 492 valence electrons. The van der Waals surface area contributed by atoms with E-state index >= 15 is 0 Å². The number of nitrogens with zero attached hydrogens (tertiary/aromatic N) is 8. The van der Waals surface area contributed by atoms with Gasteiger partial charge in [-0.2, -0.15) is 0 Å². The van der Waals surface area contributed by atoms with E-state index in [-0.39, 0.29) is 47.6 Å². The van der Waals surface area contributed by atoms with Crippen LogP contribution in [0.25, 0.3) is 42.3 Å². The number of anilines is 4. The van der Waals surface area contributed by atoms with E-state index < -0.39 is 47.3 Å². The van der Waals surface area contributed by atoms with Gasteiger partial charge in [-0.25, -0.2) is 68.6 Å². The van der Waals surface area contributed by atoms with Crippen LogP contribution < -0.4 is 46.1 Å². The molecule has 0 atom stereocenters. The van der Waals surface area contributed by atoms with Gasteiger partial charge in [-0.1, -0.05) is 0 Å². The molecule has 0 aliphatic carbocycles. The molecule has 0 unspecified atom stereocenters. The zero-order valence-electron chi connectivity index (χ0n) is 52.6. The van der Waals surface area contributed by atoms with Crippen molar-refractivity contribution in [3.63, 3.8) is 0 Å². The van der Waals surface area contributed by atoms with Gasteiger partial charge in [0.25, 0.3) is 0 Å². The predicted molar refractivity (Wildman–Crippen MR) is 348 cm³/mol. The zero-order chi connectivity index (χ0) is 67.7. The summed E-state index contributed by atoms with van der Waals surface area (Å²) in [7, 11) is 12.3. The van der Waals surface area contributed by atoms with Crippen molar-refractivity contribution in [1.29, 1.82) is 0 Å². The first-order valence-corrected chi connectivity index (χ1v) is 30.5. The van der Waals surface area contributed by atoms with E-state index in [2.05, 4.69) is 76.5 Å². The Morgan fingerprint density at radius 2 is 0.761 bits per heavy atom. The van der Waals surface area contributed by atoms with Gasteiger partial charge in [0.05, 0.1) is 83.8 Å². The van der Waals surface area contributed by atoms with E-state index in [4.69, 9.17) is 33.2 Å². The maximum atomic E-state index is 12.1. The number of aromatic nitrogens is 8. The van der Waals surface area contributed by atoms with Crippen LogP contribution in [0.4, 0.5) is 33.4 Å². The number of carbonyl (C=O) groups is 6. The Kier molecular flexibility index (Phi) is 27.5. The summed E-state index contributed by atoms with van der Waals surface area (Å²) in [4.78, 5) is 107. The van der Waals surface area contributed by atoms with Gasteiger partial charge in [-0.05, 0) is 65.8 Å². The van der Waals surface area contributed by atoms with Gasteiger partial charge < -0.3 is 80.0 Å². The van der Waals surface area contributed by atoms with E-state index in [1.807, 2.05) is 0 Å². The second-order valence-electron chi connectivity index (χ2n) is 19.8. The molecular weight excluding hydrogens is 1280 g/mol. The number of hydrogen-bond donors (Lipinski definition) is 8. The zero-order valence-corrected chi connectivity index (χ0v) is 55.8. The molecule has 8 rings (SSSR count). The Morgan fingerprint density at radius 3 is 1.09 bits per heavy atom. The molecule has 8 aromatic rings. The van der Waals surface area contributed by atoms with Gasteiger partial charge in [-0.3, -0.25) is 0 Å². The van der Waals surface area contributed by atoms with Crippen molar-refractivity contribution in [3.05, 3.63) is 92.8 Å². The third-order valence-electron chi connectivity index (χ3n) is 10.9. The van der Waals surface area contributed by atoms with Gasteiger partial charge in [0.15, 0.2) is 19.5 Å². The van der Waals surface area contributed by atoms with E-state index in [1.54, 1.807) is 137 Å². The second-order valence-corrected chi connectivity index (χ2v) is 24.0. The summed E-state index contributed by atoms with van der Waals surface area (Å²) >= 11 is 4.66. The molecule has 34 heteroatoms. The highest BCUT2D eigenvalue weighted by Crippen LogP contribution is 2.39. The molecule has 0 saturated carbocycles. The van der Waals surface area contributed by atoms with E-state index in [0.29, 0.717) is 71.9 Å². The quantitative estimate of drug-likeness (QED) is 0.0188. The first-order chi connectivity index (χ1) is 43.8. The topological polar surface area (TPSA) is 392 Å². The second kappa shape index (κ2) is 34.8. The summed E-state index contributed by atoms with van der Waals surface area (Å²) in [5.74, 6) is 0.269. The fraction of sp³-hybridized carbons (Fsp3) is 0.345. The number of thiophene rings is 4. The van der Waals surface area contributed by atoms with Gasteiger partial charge >= 0.3 is 36.1 Å². The van der Waals surface area contributed by atoms with Crippen LogP contribution in [0.3, 0.4) is 0 Å². The largest absolute Gasteiger partial charge is 0.506 e. The molecule has 8 aromatic heterocycles. The number of carbonyl (C=O) groups excluding carboxylic acids is 5. The summed E-state index contributed by atoms with van der Waals surface area (Å²) in [6.45, 7) is 11.3. The van der Waals surface area contributed by atoms with Crippen LogP contribution >= 0.6 is 45.3 Å². The highest BCUT2D eigenvalue weighted by Gasteiger charge is 2.24. The monoisotopic (exact) mass is 1350 g/mol. The maximum absolute atomic E-state index is 12.1. The highest BCUT2D eigenvalue weighted by atomic mass is 32.1. The van der Waals surface area contributed by atoms with Crippen LogP contribution in [0.15, 0.2) is 73.3 Å². The summed E-state index contributed by atoms with van der Waals surface area (Å²) in [6, 6.07) is 13.5. The average Bonchev–Trinajstić information content (AvgIpc) is 2.37. The van der Waals surface area contributed by atoms with Crippen molar-refractivity contribution in [2.75, 3.05) is 104 Å². The van der Waals surface area contributed by atoms with Crippen molar-refractivity contribution in [2.24, 2.45) is 0 Å². The molecular formula is C58H70N14O16S4. The number of rotatable bonds is 21. The number of esters is 3. The molecule has 0 bridgehead atoms. The van der Waals surface area contributed by atoms with E-state index in [9.17, 15) is 39.0 Å². The minimum atomic E-state index is -1.09. The van der Waals surface area contributed by atoms with Gasteiger partial charge in [0.1, 0.15) is 47.4 Å². The molecule has 0 aliphatic heterocycles. The standard InChI is InChI=1S/C18H24N4O5S.C17H22N4O5S.C12H13N3O3S.C11H11N3O3S/c1-18(2,3)27-17(24)21-8-9-26-12-10-13(28-14(12)15(23)25-5)11-6-7-20-16(19-4)22-11;1-17(2,3)26-16(24)20-7-8-25-11-9-12(27-13(11)14(22)23)10-5-6-19-15(18-4)21-10;1-13-12-14-5-4-7(15-12)9-6-8(17-2)10(19-9)11(16)18-3;1-12-11-13-4-3-6(14-11)8-5-7(15)9(18-8)10(16)17-2/h6-7,10H,8-9H2,1-5H3,(H,21,24)(H,19,20,22);5-6,9H,7-8H2,1-4H3,(H,20,24)(H,22,23)(H,18,19,21);4-6H,1-3H3,(H,13,14,15);3-5,15H,1-2H3,(H,12,13,14). The van der Waals surface area contributed by atoms with Crippen LogP contribution in [0, 0.1) is 0 Å². The Bertz CT molecular complexity index is 3790. The lowest BCUT2D eigenvalue weighted by atomic mass is 10.2. The SMILES string of the molecule is CNc1nccc(-c2cc(O)c(C(=O)OC)s2)n1.CNc1nccc(-c2cc(OC)c(C(=O)OC)s2)n1.CNc1nccc(-c2cc(OCCNC(=O)OC(C)(C)C)c(C(=O)O)s2)n1.CNc1nccc(-c2cc(OCCNC(=O)OC(C)(C)C)c(C(=O)OC)s2)n1. The maximum Gasteiger partial charge on any atom is 0.407 e. The Morgan fingerprint density at radius 1 is 0.457 bits per heavy atom. The fourth-order valence-corrected chi connectivity index (χ4v) is 10.8. The minimum absolute atomic E-state index is 0.0619. The normalized spacial score (nSPS) is 10.6. The molecule has 92 heavy (non-hydrogen) atoms. The summed E-state index contributed by atoms with van der Waals surface area (Å²) in [5, 5.41) is 35.6. The number of amides is 2. The van der Waals surface area contributed by atoms with Crippen molar-refractivity contribution in [3.8, 4) is 65.3 Å². The summed E-state index contributed by atoms with van der Waals surface area (Å²) in [6.07, 6.45) is 5.37. The molecule has 8 N–H and O–H groups in total. The summed E-state index contributed by atoms with van der Waals surface area (Å²) < 4.78 is 40.8. The van der Waals surface area contributed by atoms with Crippen molar-refractivity contribution in [2.45, 2.75) is 52.7 Å². The third kappa shape index (κ3) is 22.2. The number of alkyl carbamates (subject to hydrolysis) is 2. The average molecular weight is 1350 g/mol. The molecule has 0 spiro atoms. The molecule has 0 aromatic carbocycles. The lowest BCUT2D eigenvalue weighted by Gasteiger charge is -2.19. The van der Waals surface area contributed by atoms with Crippen molar-refractivity contribution in [1.82, 2.24) is 50.5 Å². The predicted octanol–water partition coefficient (Wildman–Crippen LogP) is 9.57. The van der Waals surface area contributed by atoms with Crippen LogP contribution in [-0.4, -0.2) is 180 Å². The van der Waals surface area contributed by atoms with Gasteiger partial charge in [0, 0.05) is 77.2 Å². The van der Waals surface area contributed by atoms with E-state index in [0.717, 1.165) is 38.1 Å². The highest BCUT2D eigenvalue weighted by molar-refractivity contribution is 7.18.